The van der Waals surface area contributed by atoms with E-state index in [4.69, 9.17) is 4.74 Å². The first-order chi connectivity index (χ1) is 11.8. The van der Waals surface area contributed by atoms with Crippen LogP contribution in [0.15, 0.2) is 18.2 Å². The molecule has 1 aromatic rings. The van der Waals surface area contributed by atoms with Crippen LogP contribution in [0, 0.1) is 0 Å². The molecule has 0 spiro atoms. The number of morpholine rings is 1. The molecule has 1 N–H and O–H groups in total. The highest BCUT2D eigenvalue weighted by Crippen LogP contribution is 2.23. The maximum Gasteiger partial charge on any atom is 0.224 e. The van der Waals surface area contributed by atoms with Crippen LogP contribution in [-0.4, -0.2) is 49.2 Å². The van der Waals surface area contributed by atoms with Crippen LogP contribution >= 0.6 is 0 Å². The van der Waals surface area contributed by atoms with Gasteiger partial charge in [-0.1, -0.05) is 18.2 Å². The zero-order valence-corrected chi connectivity index (χ0v) is 14.4. The maximum absolute atomic E-state index is 12.3. The number of nitrogens with zero attached hydrogens (tertiary/aromatic N) is 1. The predicted octanol–water partition coefficient (Wildman–Crippen LogP) is 2.09. The van der Waals surface area contributed by atoms with E-state index in [9.17, 15) is 4.79 Å². The molecule has 2 atom stereocenters. The van der Waals surface area contributed by atoms with Crippen LogP contribution in [0.4, 0.5) is 0 Å². The van der Waals surface area contributed by atoms with Gasteiger partial charge in [0.1, 0.15) is 0 Å². The topological polar surface area (TPSA) is 41.6 Å². The zero-order valence-electron chi connectivity index (χ0n) is 14.4. The lowest BCUT2D eigenvalue weighted by molar-refractivity contribution is -0.121. The van der Waals surface area contributed by atoms with Crippen molar-refractivity contribution in [2.45, 2.75) is 57.1 Å². The standard InChI is InChI=1S/C20H28N2O2/c23-20(11-15-7-8-16-4-1-2-5-17(16)10-15)21-12-19-13-22-9-3-6-18(22)14-24-19/h7-8,10,18-19H,1-6,9,11-14H2,(H,21,23)/t18-,19-/m1/s1. The van der Waals surface area contributed by atoms with E-state index in [0.29, 0.717) is 19.0 Å². The van der Waals surface area contributed by atoms with Gasteiger partial charge in [-0.2, -0.15) is 0 Å². The number of amides is 1. The van der Waals surface area contributed by atoms with Crippen LogP contribution in [-0.2, 0) is 28.8 Å². The van der Waals surface area contributed by atoms with Gasteiger partial charge in [-0.25, -0.2) is 0 Å². The number of fused-ring (bicyclic) bond motifs is 2. The SMILES string of the molecule is O=C(Cc1ccc2c(c1)CCCC2)NC[C@@H]1CN2CCC[C@@H]2CO1. The van der Waals surface area contributed by atoms with Gasteiger partial charge in [0.25, 0.3) is 0 Å². The van der Waals surface area contributed by atoms with Crippen LogP contribution < -0.4 is 5.32 Å². The molecule has 0 unspecified atom stereocenters. The van der Waals surface area contributed by atoms with E-state index < -0.39 is 0 Å². The molecule has 2 aliphatic heterocycles. The van der Waals surface area contributed by atoms with Gasteiger partial charge >= 0.3 is 0 Å². The van der Waals surface area contributed by atoms with Crippen molar-refractivity contribution in [3.05, 3.63) is 34.9 Å². The van der Waals surface area contributed by atoms with Crippen molar-refractivity contribution in [2.24, 2.45) is 0 Å². The summed E-state index contributed by atoms with van der Waals surface area (Å²) in [5.74, 6) is 0.109. The fourth-order valence-electron chi connectivity index (χ4n) is 4.38. The Hall–Kier alpha value is -1.39. The summed E-state index contributed by atoms with van der Waals surface area (Å²) in [5, 5.41) is 3.07. The summed E-state index contributed by atoms with van der Waals surface area (Å²) in [6.45, 7) is 3.61. The molecular formula is C20H28N2O2. The van der Waals surface area contributed by atoms with Crippen molar-refractivity contribution in [3.8, 4) is 0 Å². The number of carbonyl (C=O) groups excluding carboxylic acids is 1. The Bertz CT molecular complexity index is 601. The lowest BCUT2D eigenvalue weighted by Gasteiger charge is -2.35. The highest BCUT2D eigenvalue weighted by molar-refractivity contribution is 5.78. The lowest BCUT2D eigenvalue weighted by atomic mass is 9.90. The molecule has 24 heavy (non-hydrogen) atoms. The van der Waals surface area contributed by atoms with Gasteiger partial charge in [-0.05, 0) is 61.8 Å². The highest BCUT2D eigenvalue weighted by Gasteiger charge is 2.32. The molecule has 2 heterocycles. The summed E-state index contributed by atoms with van der Waals surface area (Å²) in [6.07, 6.45) is 8.10. The number of rotatable bonds is 4. The molecule has 0 radical (unpaired) electrons. The van der Waals surface area contributed by atoms with E-state index in [1.807, 2.05) is 0 Å². The summed E-state index contributed by atoms with van der Waals surface area (Å²) >= 11 is 0. The molecule has 3 aliphatic rings. The second-order valence-electron chi connectivity index (χ2n) is 7.54. The summed E-state index contributed by atoms with van der Waals surface area (Å²) in [7, 11) is 0. The average Bonchev–Trinajstić information content (AvgIpc) is 3.07. The Morgan fingerprint density at radius 2 is 2.08 bits per heavy atom. The number of hydrogen-bond donors (Lipinski definition) is 1. The maximum atomic E-state index is 12.3. The molecular weight excluding hydrogens is 300 g/mol. The summed E-state index contributed by atoms with van der Waals surface area (Å²) < 4.78 is 5.91. The minimum atomic E-state index is 0.109. The zero-order chi connectivity index (χ0) is 16.4. The van der Waals surface area contributed by atoms with Crippen molar-refractivity contribution in [3.63, 3.8) is 0 Å². The Morgan fingerprint density at radius 1 is 1.21 bits per heavy atom. The summed E-state index contributed by atoms with van der Waals surface area (Å²) in [4.78, 5) is 14.8. The van der Waals surface area contributed by atoms with Gasteiger partial charge < -0.3 is 10.1 Å². The molecule has 4 heteroatoms. The Kier molecular flexibility index (Phi) is 4.86. The van der Waals surface area contributed by atoms with Gasteiger partial charge in [-0.3, -0.25) is 9.69 Å². The first-order valence-electron chi connectivity index (χ1n) is 9.51. The van der Waals surface area contributed by atoms with Crippen molar-refractivity contribution in [1.29, 1.82) is 0 Å². The van der Waals surface area contributed by atoms with Gasteiger partial charge in [0, 0.05) is 19.1 Å². The van der Waals surface area contributed by atoms with E-state index in [-0.39, 0.29) is 12.0 Å². The number of carbonyl (C=O) groups is 1. The number of aryl methyl sites for hydroxylation is 2. The monoisotopic (exact) mass is 328 g/mol. The Morgan fingerprint density at radius 3 is 3.00 bits per heavy atom. The van der Waals surface area contributed by atoms with E-state index in [1.54, 1.807) is 0 Å². The third kappa shape index (κ3) is 3.65. The van der Waals surface area contributed by atoms with E-state index in [2.05, 4.69) is 28.4 Å². The normalized spacial score (nSPS) is 26.7. The number of nitrogens with one attached hydrogen (secondary N) is 1. The van der Waals surface area contributed by atoms with E-state index in [0.717, 1.165) is 25.1 Å². The molecule has 2 fully saturated rings. The van der Waals surface area contributed by atoms with Crippen LogP contribution in [0.5, 0.6) is 0 Å². The molecule has 0 saturated carbocycles. The quantitative estimate of drug-likeness (QED) is 0.920. The average molecular weight is 328 g/mol. The van der Waals surface area contributed by atoms with Gasteiger partial charge in [0.15, 0.2) is 0 Å². The molecule has 1 amide bonds. The van der Waals surface area contributed by atoms with Crippen molar-refractivity contribution in [1.82, 2.24) is 10.2 Å². The lowest BCUT2D eigenvalue weighted by Crippen LogP contribution is -2.50. The number of benzene rings is 1. The molecule has 1 aromatic carbocycles. The van der Waals surface area contributed by atoms with Crippen molar-refractivity contribution >= 4 is 5.91 Å². The Labute approximate surface area is 144 Å². The molecule has 130 valence electrons. The molecule has 0 aromatic heterocycles. The molecule has 2 saturated heterocycles. The third-order valence-electron chi connectivity index (χ3n) is 5.77. The van der Waals surface area contributed by atoms with E-state index in [1.165, 1.54) is 49.8 Å². The van der Waals surface area contributed by atoms with Crippen LogP contribution in [0.2, 0.25) is 0 Å². The smallest absolute Gasteiger partial charge is 0.224 e. The molecule has 4 rings (SSSR count). The minimum absolute atomic E-state index is 0.109. The minimum Gasteiger partial charge on any atom is -0.373 e. The number of ether oxygens (including phenoxy) is 1. The fourth-order valence-corrected chi connectivity index (χ4v) is 4.38. The second-order valence-corrected chi connectivity index (χ2v) is 7.54. The van der Waals surface area contributed by atoms with E-state index >= 15 is 0 Å². The van der Waals surface area contributed by atoms with Gasteiger partial charge in [0.05, 0.1) is 19.1 Å². The van der Waals surface area contributed by atoms with Crippen LogP contribution in [0.25, 0.3) is 0 Å². The van der Waals surface area contributed by atoms with Crippen molar-refractivity contribution < 1.29 is 9.53 Å². The first kappa shape index (κ1) is 16.1. The first-order valence-corrected chi connectivity index (χ1v) is 9.51. The summed E-state index contributed by atoms with van der Waals surface area (Å²) in [6, 6.07) is 7.19. The largest absolute Gasteiger partial charge is 0.373 e. The molecule has 1 aliphatic carbocycles. The fraction of sp³-hybridized carbons (Fsp3) is 0.650. The predicted molar refractivity (Wildman–Crippen MR) is 94.1 cm³/mol. The van der Waals surface area contributed by atoms with Gasteiger partial charge in [0.2, 0.25) is 5.91 Å². The highest BCUT2D eigenvalue weighted by atomic mass is 16.5. The molecule has 0 bridgehead atoms. The van der Waals surface area contributed by atoms with Gasteiger partial charge in [-0.15, -0.1) is 0 Å². The van der Waals surface area contributed by atoms with Crippen LogP contribution in [0.1, 0.15) is 42.4 Å². The number of hydrogen-bond acceptors (Lipinski definition) is 3. The summed E-state index contributed by atoms with van der Waals surface area (Å²) in [5.41, 5.74) is 4.06. The second kappa shape index (κ2) is 7.24. The Balaban J connectivity index is 1.26. The molecule has 4 nitrogen and oxygen atoms in total. The third-order valence-corrected chi connectivity index (χ3v) is 5.77. The van der Waals surface area contributed by atoms with Crippen LogP contribution in [0.3, 0.4) is 0 Å². The van der Waals surface area contributed by atoms with Crippen molar-refractivity contribution in [2.75, 3.05) is 26.2 Å².